The molecule has 0 saturated carbocycles. The fourth-order valence-corrected chi connectivity index (χ4v) is 5.14. The summed E-state index contributed by atoms with van der Waals surface area (Å²) < 4.78 is 10.3. The molecule has 6 heteroatoms. The third-order valence-electron chi connectivity index (χ3n) is 7.76. The highest BCUT2D eigenvalue weighted by atomic mass is 16.5. The van der Waals surface area contributed by atoms with E-state index in [0.717, 1.165) is 24.8 Å². The monoisotopic (exact) mass is 570 g/mol. The van der Waals surface area contributed by atoms with Gasteiger partial charge in [0, 0.05) is 0 Å². The number of ketones is 2. The van der Waals surface area contributed by atoms with E-state index in [1.54, 1.807) is 36.4 Å². The molecular formula is C36H42O6. The number of benzene rings is 2. The smallest absolute Gasteiger partial charge is 0.167 e. The van der Waals surface area contributed by atoms with Crippen LogP contribution in [0.1, 0.15) is 51.2 Å². The van der Waals surface area contributed by atoms with Crippen LogP contribution in [-0.4, -0.2) is 36.0 Å². The number of hydrogen-bond donors (Lipinski definition) is 2. The highest BCUT2D eigenvalue weighted by Gasteiger charge is 2.36. The lowest BCUT2D eigenvalue weighted by molar-refractivity contribution is -0.130. The summed E-state index contributed by atoms with van der Waals surface area (Å²) in [4.78, 5) is 27.3. The molecule has 2 atom stereocenters. The number of allylic oxidation sites excluding steroid dienone is 7. The quantitative estimate of drug-likeness (QED) is 0.145. The lowest BCUT2D eigenvalue weighted by Gasteiger charge is -2.28. The Labute approximate surface area is 249 Å². The van der Waals surface area contributed by atoms with Gasteiger partial charge in [-0.2, -0.15) is 0 Å². The summed E-state index contributed by atoms with van der Waals surface area (Å²) in [7, 11) is 2.91. The minimum Gasteiger partial charge on any atom is -0.504 e. The summed E-state index contributed by atoms with van der Waals surface area (Å²) >= 11 is 0. The van der Waals surface area contributed by atoms with Crippen molar-refractivity contribution in [3.8, 4) is 23.0 Å². The van der Waals surface area contributed by atoms with Crippen molar-refractivity contribution < 1.29 is 29.3 Å². The highest BCUT2D eigenvalue weighted by Crippen LogP contribution is 2.34. The standard InChI is InChI=1S/C36H42O6/c1-24-9-15-28(16-10-24)25(2)8-7-21-36(3,4)35(31(39)19-13-26-11-17-29(37)33(22-26)41-5)32(40)20-14-27-12-18-30(38)34(23-27)42-6/h7,9,11-15,17-23,25,28,35,37-38H,1,8,10,16H2,2-6H3/t25-,28+,35?/m0/s1. The molecule has 0 spiro atoms. The SMILES string of the molecule is C=C1C=C[C@@H]([C@@H](C)CC=CC(C)(C)C(C(=O)C=Cc2ccc(O)c(OC)c2)C(=O)C=Cc2ccc(O)c(OC)c2)CC1. The third kappa shape index (κ3) is 8.59. The summed E-state index contributed by atoms with van der Waals surface area (Å²) in [6, 6.07) is 9.55. The largest absolute Gasteiger partial charge is 0.504 e. The minimum atomic E-state index is -0.979. The Kier molecular flexibility index (Phi) is 11.1. The van der Waals surface area contributed by atoms with Gasteiger partial charge < -0.3 is 19.7 Å². The number of carbonyl (C=O) groups excluding carboxylic acids is 2. The van der Waals surface area contributed by atoms with Gasteiger partial charge in [-0.05, 0) is 84.1 Å². The second-order valence-electron chi connectivity index (χ2n) is 11.4. The van der Waals surface area contributed by atoms with Crippen LogP contribution in [0.25, 0.3) is 12.2 Å². The maximum atomic E-state index is 13.6. The molecule has 2 aromatic carbocycles. The van der Waals surface area contributed by atoms with E-state index < -0.39 is 11.3 Å². The van der Waals surface area contributed by atoms with Crippen LogP contribution < -0.4 is 9.47 Å². The summed E-state index contributed by atoms with van der Waals surface area (Å²) in [5, 5.41) is 19.8. The third-order valence-corrected chi connectivity index (χ3v) is 7.76. The molecule has 1 aliphatic rings. The lowest BCUT2D eigenvalue weighted by atomic mass is 9.73. The lowest BCUT2D eigenvalue weighted by Crippen LogP contribution is -2.34. The molecule has 42 heavy (non-hydrogen) atoms. The number of hydrogen-bond acceptors (Lipinski definition) is 6. The van der Waals surface area contributed by atoms with Gasteiger partial charge >= 0.3 is 0 Å². The topological polar surface area (TPSA) is 93.1 Å². The van der Waals surface area contributed by atoms with Crippen LogP contribution in [0.3, 0.4) is 0 Å². The summed E-state index contributed by atoms with van der Waals surface area (Å²) in [5.74, 6) is -0.186. The first-order chi connectivity index (χ1) is 19.9. The number of ether oxygens (including phenoxy) is 2. The van der Waals surface area contributed by atoms with Crippen LogP contribution >= 0.6 is 0 Å². The molecule has 0 bridgehead atoms. The summed E-state index contributed by atoms with van der Waals surface area (Å²) in [6.07, 6.45) is 17.4. The van der Waals surface area contributed by atoms with Crippen LogP contribution in [0.5, 0.6) is 23.0 Å². The fraction of sp³-hybridized carbons (Fsp3) is 0.333. The molecule has 1 aliphatic carbocycles. The average Bonchev–Trinajstić information content (AvgIpc) is 2.96. The summed E-state index contributed by atoms with van der Waals surface area (Å²) in [6.45, 7) is 10.1. The van der Waals surface area contributed by atoms with E-state index in [4.69, 9.17) is 9.47 Å². The molecule has 6 nitrogen and oxygen atoms in total. The van der Waals surface area contributed by atoms with Gasteiger partial charge in [0.25, 0.3) is 0 Å². The first-order valence-electron chi connectivity index (χ1n) is 14.2. The predicted octanol–water partition coefficient (Wildman–Crippen LogP) is 7.73. The normalized spacial score (nSPS) is 17.2. The van der Waals surface area contributed by atoms with E-state index in [2.05, 4.69) is 31.7 Å². The second kappa shape index (κ2) is 14.5. The Morgan fingerprint density at radius 2 is 1.50 bits per heavy atom. The van der Waals surface area contributed by atoms with Crippen molar-refractivity contribution in [2.75, 3.05) is 14.2 Å². The number of carbonyl (C=O) groups is 2. The molecular weight excluding hydrogens is 528 g/mol. The maximum absolute atomic E-state index is 13.6. The maximum Gasteiger partial charge on any atom is 0.167 e. The van der Waals surface area contributed by atoms with Crippen LogP contribution in [-0.2, 0) is 9.59 Å². The fourth-order valence-electron chi connectivity index (χ4n) is 5.14. The molecule has 0 unspecified atom stereocenters. The predicted molar refractivity (Wildman–Crippen MR) is 169 cm³/mol. The molecule has 0 fully saturated rings. The van der Waals surface area contributed by atoms with E-state index in [-0.39, 0.29) is 23.1 Å². The van der Waals surface area contributed by atoms with Gasteiger partial charge in [-0.3, -0.25) is 9.59 Å². The van der Waals surface area contributed by atoms with E-state index in [9.17, 15) is 19.8 Å². The molecule has 2 N–H and O–H groups in total. The first-order valence-corrected chi connectivity index (χ1v) is 14.2. The number of phenolic OH excluding ortho intramolecular Hbond substituents is 2. The zero-order valence-corrected chi connectivity index (χ0v) is 25.2. The van der Waals surface area contributed by atoms with Crippen molar-refractivity contribution in [1.82, 2.24) is 0 Å². The van der Waals surface area contributed by atoms with Crippen molar-refractivity contribution in [2.24, 2.45) is 23.2 Å². The Hall–Kier alpha value is -4.32. The Bertz CT molecular complexity index is 1330. The number of aromatic hydroxyl groups is 2. The molecule has 2 aromatic rings. The van der Waals surface area contributed by atoms with E-state index in [0.29, 0.717) is 34.5 Å². The van der Waals surface area contributed by atoms with Gasteiger partial charge in [-0.25, -0.2) is 0 Å². The van der Waals surface area contributed by atoms with Gasteiger partial charge in [-0.1, -0.05) is 81.5 Å². The number of methoxy groups -OCH3 is 2. The van der Waals surface area contributed by atoms with Gasteiger partial charge in [0.15, 0.2) is 34.6 Å². The molecule has 222 valence electrons. The minimum absolute atomic E-state index is 0.000761. The van der Waals surface area contributed by atoms with E-state index in [1.807, 2.05) is 19.9 Å². The molecule has 0 heterocycles. The Morgan fingerprint density at radius 3 is 1.95 bits per heavy atom. The molecule has 0 aromatic heterocycles. The van der Waals surface area contributed by atoms with Crippen LogP contribution in [0.4, 0.5) is 0 Å². The van der Waals surface area contributed by atoms with Crippen molar-refractivity contribution in [3.63, 3.8) is 0 Å². The van der Waals surface area contributed by atoms with Crippen LogP contribution in [0.2, 0.25) is 0 Å². The zero-order chi connectivity index (χ0) is 30.9. The van der Waals surface area contributed by atoms with Crippen LogP contribution in [0, 0.1) is 23.2 Å². The molecule has 0 aliphatic heterocycles. The highest BCUT2D eigenvalue weighted by molar-refractivity contribution is 6.14. The van der Waals surface area contributed by atoms with Gasteiger partial charge in [0.2, 0.25) is 0 Å². The van der Waals surface area contributed by atoms with E-state index in [1.165, 1.54) is 38.5 Å². The van der Waals surface area contributed by atoms with Crippen molar-refractivity contribution in [1.29, 1.82) is 0 Å². The zero-order valence-electron chi connectivity index (χ0n) is 25.2. The van der Waals surface area contributed by atoms with Gasteiger partial charge in [0.1, 0.15) is 0 Å². The number of phenols is 2. The number of rotatable bonds is 13. The molecule has 3 rings (SSSR count). The van der Waals surface area contributed by atoms with Crippen molar-refractivity contribution in [3.05, 3.63) is 96.1 Å². The van der Waals surface area contributed by atoms with Crippen molar-refractivity contribution >= 4 is 23.7 Å². The van der Waals surface area contributed by atoms with E-state index >= 15 is 0 Å². The summed E-state index contributed by atoms with van der Waals surface area (Å²) in [5.41, 5.74) is 1.69. The van der Waals surface area contributed by atoms with Gasteiger partial charge in [0.05, 0.1) is 20.1 Å². The molecule has 0 amide bonds. The second-order valence-corrected chi connectivity index (χ2v) is 11.4. The molecule has 0 saturated heterocycles. The van der Waals surface area contributed by atoms with Crippen LogP contribution in [0.15, 0.2) is 85.0 Å². The Morgan fingerprint density at radius 1 is 0.976 bits per heavy atom. The Balaban J connectivity index is 1.86. The van der Waals surface area contributed by atoms with Gasteiger partial charge in [-0.15, -0.1) is 0 Å². The first kappa shape index (κ1) is 32.2. The molecule has 0 radical (unpaired) electrons. The van der Waals surface area contributed by atoms with Crippen molar-refractivity contribution in [2.45, 2.75) is 40.0 Å². The average molecular weight is 571 g/mol.